The first-order chi connectivity index (χ1) is 8.45. The maximum Gasteiger partial charge on any atom is 0.239 e. The predicted octanol–water partition coefficient (Wildman–Crippen LogP) is 0.270. The van der Waals surface area contributed by atoms with Gasteiger partial charge >= 0.3 is 0 Å². The number of hydrogen-bond donors (Lipinski definition) is 3. The molecule has 1 aromatic rings. The molecule has 0 unspecified atom stereocenters. The lowest BCUT2D eigenvalue weighted by Crippen LogP contribution is -2.19. The lowest BCUT2D eigenvalue weighted by Gasteiger charge is -2.15. The third-order valence-electron chi connectivity index (χ3n) is 3.34. The van der Waals surface area contributed by atoms with Crippen LogP contribution in [0.1, 0.15) is 19.3 Å². The van der Waals surface area contributed by atoms with Crippen molar-refractivity contribution in [1.29, 1.82) is 0 Å². The number of primary sulfonamides is 1. The monoisotopic (exact) mass is 270 g/mol. The molecule has 18 heavy (non-hydrogen) atoms. The second-order valence-corrected chi connectivity index (χ2v) is 6.38. The van der Waals surface area contributed by atoms with Gasteiger partial charge in [0, 0.05) is 12.7 Å². The molecule has 1 aromatic heterocycles. The smallest absolute Gasteiger partial charge is 0.239 e. The third-order valence-corrected chi connectivity index (χ3v) is 4.24. The Balaban J connectivity index is 1.95. The van der Waals surface area contributed by atoms with E-state index in [0.717, 1.165) is 13.0 Å². The normalized spacial score (nSPS) is 17.4. The van der Waals surface area contributed by atoms with Crippen molar-refractivity contribution in [3.8, 4) is 0 Å². The van der Waals surface area contributed by atoms with E-state index in [-0.39, 0.29) is 4.90 Å². The number of anilines is 1. The summed E-state index contributed by atoms with van der Waals surface area (Å²) in [6.07, 6.45) is 4.65. The first-order valence-corrected chi connectivity index (χ1v) is 7.43. The number of hydrogen-bond acceptors (Lipinski definition) is 5. The summed E-state index contributed by atoms with van der Waals surface area (Å²) in [4.78, 5) is 4.06. The second kappa shape index (κ2) is 4.83. The van der Waals surface area contributed by atoms with Crippen LogP contribution >= 0.6 is 0 Å². The zero-order chi connectivity index (χ0) is 13.2. The fourth-order valence-electron chi connectivity index (χ4n) is 1.93. The van der Waals surface area contributed by atoms with Gasteiger partial charge in [-0.3, -0.25) is 0 Å². The number of pyridine rings is 1. The molecule has 0 bridgehead atoms. The summed E-state index contributed by atoms with van der Waals surface area (Å²) in [5.41, 5.74) is 5.88. The molecular formula is C11H18N4O2S. The average Bonchev–Trinajstić information content (AvgIpc) is 3.07. The van der Waals surface area contributed by atoms with Crippen LogP contribution in [0.5, 0.6) is 0 Å². The molecule has 1 heterocycles. The molecule has 0 aromatic carbocycles. The van der Waals surface area contributed by atoms with Crippen LogP contribution in [0.15, 0.2) is 23.2 Å². The van der Waals surface area contributed by atoms with E-state index < -0.39 is 10.0 Å². The van der Waals surface area contributed by atoms with Gasteiger partial charge in [0.05, 0.1) is 0 Å². The van der Waals surface area contributed by atoms with E-state index in [1.54, 1.807) is 6.07 Å². The molecule has 0 radical (unpaired) electrons. The van der Waals surface area contributed by atoms with Crippen LogP contribution < -0.4 is 16.2 Å². The predicted molar refractivity (Wildman–Crippen MR) is 69.4 cm³/mol. The summed E-state index contributed by atoms with van der Waals surface area (Å²) in [6, 6.07) is 3.07. The van der Waals surface area contributed by atoms with Gasteiger partial charge in [-0.1, -0.05) is 0 Å². The van der Waals surface area contributed by atoms with Gasteiger partial charge in [-0.2, -0.15) is 0 Å². The van der Waals surface area contributed by atoms with Crippen molar-refractivity contribution in [2.45, 2.75) is 24.2 Å². The van der Waals surface area contributed by atoms with Crippen molar-refractivity contribution in [3.05, 3.63) is 18.3 Å². The summed E-state index contributed by atoms with van der Waals surface area (Å²) >= 11 is 0. The highest BCUT2D eigenvalue weighted by molar-refractivity contribution is 7.89. The Bertz CT molecular complexity index is 508. The average molecular weight is 270 g/mol. The van der Waals surface area contributed by atoms with Gasteiger partial charge in [0.2, 0.25) is 10.0 Å². The highest BCUT2D eigenvalue weighted by atomic mass is 32.2. The third kappa shape index (κ3) is 3.18. The van der Waals surface area contributed by atoms with E-state index in [1.807, 2.05) is 0 Å². The minimum Gasteiger partial charge on any atom is -0.370 e. The van der Waals surface area contributed by atoms with Crippen molar-refractivity contribution in [1.82, 2.24) is 4.98 Å². The molecule has 0 saturated heterocycles. The van der Waals surface area contributed by atoms with Crippen LogP contribution in [-0.4, -0.2) is 26.5 Å². The minimum atomic E-state index is -3.67. The maximum absolute atomic E-state index is 11.1. The number of aromatic nitrogens is 1. The molecule has 1 aliphatic rings. The molecule has 7 heteroatoms. The number of rotatable bonds is 6. The Morgan fingerprint density at radius 2 is 2.11 bits per heavy atom. The summed E-state index contributed by atoms with van der Waals surface area (Å²) in [5.74, 6) is 0.658. The van der Waals surface area contributed by atoms with Gasteiger partial charge in [0.1, 0.15) is 10.7 Å². The van der Waals surface area contributed by atoms with Crippen molar-refractivity contribution >= 4 is 15.8 Å². The molecule has 0 aliphatic heterocycles. The van der Waals surface area contributed by atoms with Crippen molar-refractivity contribution in [2.75, 3.05) is 18.4 Å². The summed E-state index contributed by atoms with van der Waals surface area (Å²) < 4.78 is 22.1. The van der Waals surface area contributed by atoms with Crippen LogP contribution in [0.3, 0.4) is 0 Å². The summed E-state index contributed by atoms with van der Waals surface area (Å²) in [7, 11) is -3.67. The number of nitrogens with zero attached hydrogens (tertiary/aromatic N) is 1. The lowest BCUT2D eigenvalue weighted by molar-refractivity contribution is 0.500. The lowest BCUT2D eigenvalue weighted by atomic mass is 10.0. The first-order valence-electron chi connectivity index (χ1n) is 5.88. The van der Waals surface area contributed by atoms with Crippen LogP contribution in [-0.2, 0) is 10.0 Å². The van der Waals surface area contributed by atoms with E-state index in [9.17, 15) is 8.42 Å². The Morgan fingerprint density at radius 1 is 1.39 bits per heavy atom. The van der Waals surface area contributed by atoms with Crippen LogP contribution in [0, 0.1) is 5.41 Å². The SMILES string of the molecule is NCCC1(CNc2ccc(S(N)(=O)=O)cn2)CC1. The highest BCUT2D eigenvalue weighted by Gasteiger charge is 2.41. The molecule has 100 valence electrons. The van der Waals surface area contributed by atoms with Gasteiger partial charge < -0.3 is 11.1 Å². The molecule has 2 rings (SSSR count). The van der Waals surface area contributed by atoms with Gasteiger partial charge in [-0.15, -0.1) is 0 Å². The Morgan fingerprint density at radius 3 is 2.56 bits per heavy atom. The first kappa shape index (κ1) is 13.3. The maximum atomic E-state index is 11.1. The molecule has 0 atom stereocenters. The Kier molecular flexibility index (Phi) is 3.56. The van der Waals surface area contributed by atoms with Crippen molar-refractivity contribution < 1.29 is 8.42 Å². The zero-order valence-electron chi connectivity index (χ0n) is 10.1. The quantitative estimate of drug-likeness (QED) is 0.687. The largest absolute Gasteiger partial charge is 0.370 e. The Hall–Kier alpha value is -1.18. The van der Waals surface area contributed by atoms with Gasteiger partial charge in [-0.05, 0) is 43.4 Å². The molecule has 1 aliphatic carbocycles. The highest BCUT2D eigenvalue weighted by Crippen LogP contribution is 2.48. The van der Waals surface area contributed by atoms with Gasteiger partial charge in [0.15, 0.2) is 0 Å². The molecule has 1 saturated carbocycles. The molecule has 6 nitrogen and oxygen atoms in total. The fourth-order valence-corrected chi connectivity index (χ4v) is 2.39. The molecule has 0 amide bonds. The second-order valence-electron chi connectivity index (χ2n) is 4.82. The topological polar surface area (TPSA) is 111 Å². The molecule has 5 N–H and O–H groups in total. The van der Waals surface area contributed by atoms with Gasteiger partial charge in [-0.25, -0.2) is 18.5 Å². The van der Waals surface area contributed by atoms with Crippen LogP contribution in [0.4, 0.5) is 5.82 Å². The van der Waals surface area contributed by atoms with E-state index >= 15 is 0 Å². The van der Waals surface area contributed by atoms with Crippen LogP contribution in [0.25, 0.3) is 0 Å². The summed E-state index contributed by atoms with van der Waals surface area (Å²) in [5, 5.41) is 8.21. The fraction of sp³-hybridized carbons (Fsp3) is 0.545. The van der Waals surface area contributed by atoms with Crippen molar-refractivity contribution in [3.63, 3.8) is 0 Å². The number of nitrogens with two attached hydrogens (primary N) is 2. The number of nitrogens with one attached hydrogen (secondary N) is 1. The zero-order valence-corrected chi connectivity index (χ0v) is 10.9. The van der Waals surface area contributed by atoms with E-state index in [2.05, 4.69) is 10.3 Å². The minimum absolute atomic E-state index is 0.0242. The molecule has 0 spiro atoms. The standard InChI is InChI=1S/C11H18N4O2S/c12-6-5-11(3-4-11)8-15-10-2-1-9(7-14-10)18(13,16)17/h1-2,7H,3-6,8,12H2,(H,14,15)(H2,13,16,17). The van der Waals surface area contributed by atoms with E-state index in [1.165, 1.54) is 25.1 Å². The molecule has 1 fully saturated rings. The molecular weight excluding hydrogens is 252 g/mol. The van der Waals surface area contributed by atoms with Crippen molar-refractivity contribution in [2.24, 2.45) is 16.3 Å². The van der Waals surface area contributed by atoms with Crippen LogP contribution in [0.2, 0.25) is 0 Å². The van der Waals surface area contributed by atoms with E-state index in [4.69, 9.17) is 10.9 Å². The summed E-state index contributed by atoms with van der Waals surface area (Å²) in [6.45, 7) is 1.52. The van der Waals surface area contributed by atoms with E-state index in [0.29, 0.717) is 17.8 Å². The Labute approximate surface area is 107 Å². The van der Waals surface area contributed by atoms with Gasteiger partial charge in [0.25, 0.3) is 0 Å². The number of sulfonamides is 1.